The first kappa shape index (κ1) is 37.9. The number of likely N-dealkylation sites (tertiary alicyclic amines) is 1. The van der Waals surface area contributed by atoms with E-state index in [9.17, 15) is 19.5 Å². The van der Waals surface area contributed by atoms with Gasteiger partial charge in [-0.3, -0.25) is 19.3 Å². The molecule has 0 saturated carbocycles. The number of benzene rings is 2. The molecule has 270 valence electrons. The van der Waals surface area contributed by atoms with E-state index < -0.39 is 41.6 Å². The third-order valence-corrected chi connectivity index (χ3v) is 10.0. The monoisotopic (exact) mass is 711 g/mol. The lowest BCUT2D eigenvalue weighted by Gasteiger charge is -2.41. The number of rotatable bonds is 13. The summed E-state index contributed by atoms with van der Waals surface area (Å²) in [5, 5.41) is 22.7. The lowest BCUT2D eigenvalue weighted by atomic mass is 9.95. The molecule has 0 radical (unpaired) electrons. The largest absolute Gasteiger partial charge is 0.390 e. The SMILES string of the molecule is CC(C)C(NC(=O)c1ccc2ccccc2n1)C(=O)NC(Cc1ccccc1)C(O)CN1CC[C@@H](Sc2ncccn2)CC1C(=O)NC(C)(C)C. The number of para-hydroxylation sites is 1. The molecule has 3 amide bonds. The van der Waals surface area contributed by atoms with Gasteiger partial charge in [0.05, 0.1) is 23.7 Å². The topological polar surface area (TPSA) is 149 Å². The molecular formula is C39H49N7O4S. The maximum absolute atomic E-state index is 14.0. The molecule has 2 aromatic carbocycles. The highest BCUT2D eigenvalue weighted by atomic mass is 32.2. The van der Waals surface area contributed by atoms with Crippen LogP contribution in [0.1, 0.15) is 63.5 Å². The van der Waals surface area contributed by atoms with E-state index in [0.717, 1.165) is 17.4 Å². The molecule has 4 unspecified atom stereocenters. The van der Waals surface area contributed by atoms with Gasteiger partial charge in [0.25, 0.3) is 5.91 Å². The first-order chi connectivity index (χ1) is 24.4. The first-order valence-electron chi connectivity index (χ1n) is 17.5. The minimum absolute atomic E-state index is 0.109. The normalized spacial score (nSPS) is 18.5. The van der Waals surface area contributed by atoms with Gasteiger partial charge in [0.15, 0.2) is 5.16 Å². The Bertz CT molecular complexity index is 1770. The van der Waals surface area contributed by atoms with Gasteiger partial charge in [-0.05, 0) is 69.7 Å². The molecule has 5 rings (SSSR count). The minimum atomic E-state index is -1.02. The number of aliphatic hydroxyl groups excluding tert-OH is 1. The summed E-state index contributed by atoms with van der Waals surface area (Å²) in [6.45, 7) is 10.3. The average Bonchev–Trinajstić information content (AvgIpc) is 3.10. The van der Waals surface area contributed by atoms with Gasteiger partial charge in [-0.25, -0.2) is 15.0 Å². The lowest BCUT2D eigenvalue weighted by molar-refractivity contribution is -0.130. The number of thioether (sulfide) groups is 1. The van der Waals surface area contributed by atoms with Crippen LogP contribution in [0.4, 0.5) is 0 Å². The number of aliphatic hydroxyl groups is 1. The van der Waals surface area contributed by atoms with E-state index in [1.54, 1.807) is 36.3 Å². The van der Waals surface area contributed by atoms with Crippen LogP contribution >= 0.6 is 11.8 Å². The van der Waals surface area contributed by atoms with Crippen LogP contribution in [-0.2, 0) is 16.0 Å². The molecule has 0 aliphatic carbocycles. The van der Waals surface area contributed by atoms with Crippen molar-refractivity contribution in [2.75, 3.05) is 13.1 Å². The number of aromatic nitrogens is 3. The quantitative estimate of drug-likeness (QED) is 0.148. The Hall–Kier alpha value is -4.39. The molecule has 1 saturated heterocycles. The third-order valence-electron chi connectivity index (χ3n) is 8.86. The molecule has 4 aromatic rings. The van der Waals surface area contributed by atoms with Crippen LogP contribution in [0.15, 0.2) is 90.3 Å². The molecule has 1 aliphatic heterocycles. The van der Waals surface area contributed by atoms with Gasteiger partial charge in [0.1, 0.15) is 11.7 Å². The van der Waals surface area contributed by atoms with E-state index in [1.165, 1.54) is 0 Å². The summed E-state index contributed by atoms with van der Waals surface area (Å²) < 4.78 is 0. The zero-order chi connectivity index (χ0) is 36.5. The second kappa shape index (κ2) is 17.2. The summed E-state index contributed by atoms with van der Waals surface area (Å²) in [5.74, 6) is -1.22. The molecular weight excluding hydrogens is 663 g/mol. The molecule has 0 bridgehead atoms. The lowest BCUT2D eigenvalue weighted by Crippen LogP contribution is -2.60. The number of amides is 3. The van der Waals surface area contributed by atoms with Crippen LogP contribution in [0.3, 0.4) is 0 Å². The van der Waals surface area contributed by atoms with Crippen LogP contribution in [-0.4, -0.2) is 90.8 Å². The van der Waals surface area contributed by atoms with Crippen molar-refractivity contribution >= 4 is 40.4 Å². The van der Waals surface area contributed by atoms with Crippen molar-refractivity contribution in [3.63, 3.8) is 0 Å². The third kappa shape index (κ3) is 10.8. The Kier molecular flexibility index (Phi) is 12.8. The van der Waals surface area contributed by atoms with Gasteiger partial charge in [0, 0.05) is 41.7 Å². The van der Waals surface area contributed by atoms with E-state index in [4.69, 9.17) is 0 Å². The molecule has 3 heterocycles. The summed E-state index contributed by atoms with van der Waals surface area (Å²) >= 11 is 1.56. The van der Waals surface area contributed by atoms with Gasteiger partial charge in [-0.1, -0.05) is 80.2 Å². The zero-order valence-corrected chi connectivity index (χ0v) is 30.8. The Labute approximate surface area is 304 Å². The predicted molar refractivity (Wildman–Crippen MR) is 200 cm³/mol. The van der Waals surface area contributed by atoms with Crippen molar-refractivity contribution in [3.8, 4) is 0 Å². The smallest absolute Gasteiger partial charge is 0.270 e. The van der Waals surface area contributed by atoms with Crippen LogP contribution < -0.4 is 16.0 Å². The number of carbonyl (C=O) groups is 3. The molecule has 1 aliphatic rings. The maximum Gasteiger partial charge on any atom is 0.270 e. The van der Waals surface area contributed by atoms with E-state index in [-0.39, 0.29) is 29.3 Å². The average molecular weight is 712 g/mol. The fraction of sp³-hybridized carbons (Fsp3) is 0.436. The molecule has 11 nitrogen and oxygen atoms in total. The van der Waals surface area contributed by atoms with Crippen molar-refractivity contribution in [1.29, 1.82) is 0 Å². The van der Waals surface area contributed by atoms with E-state index in [2.05, 4.69) is 30.9 Å². The number of nitrogens with one attached hydrogen (secondary N) is 3. The number of pyridine rings is 1. The van der Waals surface area contributed by atoms with E-state index in [0.29, 0.717) is 30.1 Å². The van der Waals surface area contributed by atoms with Crippen LogP contribution in [0, 0.1) is 5.92 Å². The van der Waals surface area contributed by atoms with Crippen molar-refractivity contribution in [3.05, 3.63) is 96.4 Å². The van der Waals surface area contributed by atoms with Crippen LogP contribution in [0.25, 0.3) is 10.9 Å². The highest BCUT2D eigenvalue weighted by molar-refractivity contribution is 7.99. The Morgan fingerprint density at radius 1 is 0.941 bits per heavy atom. The predicted octanol–water partition coefficient (Wildman–Crippen LogP) is 4.41. The molecule has 1 fully saturated rings. The summed E-state index contributed by atoms with van der Waals surface area (Å²) in [5.41, 5.74) is 1.40. The molecule has 4 N–H and O–H groups in total. The van der Waals surface area contributed by atoms with Crippen LogP contribution in [0.5, 0.6) is 0 Å². The van der Waals surface area contributed by atoms with Gasteiger partial charge in [0.2, 0.25) is 11.8 Å². The summed E-state index contributed by atoms with van der Waals surface area (Å²) in [6, 6.07) is 20.4. The number of fused-ring (bicyclic) bond motifs is 1. The second-order valence-electron chi connectivity index (χ2n) is 14.5. The van der Waals surface area contributed by atoms with Gasteiger partial charge >= 0.3 is 0 Å². The molecule has 0 spiro atoms. The fourth-order valence-electron chi connectivity index (χ4n) is 6.26. The van der Waals surface area contributed by atoms with Gasteiger partial charge < -0.3 is 21.1 Å². The van der Waals surface area contributed by atoms with Gasteiger partial charge in [-0.2, -0.15) is 0 Å². The number of nitrogens with zero attached hydrogens (tertiary/aromatic N) is 4. The highest BCUT2D eigenvalue weighted by Crippen LogP contribution is 2.31. The molecule has 2 aromatic heterocycles. The van der Waals surface area contributed by atoms with E-state index >= 15 is 0 Å². The van der Waals surface area contributed by atoms with Crippen molar-refractivity contribution in [1.82, 2.24) is 35.8 Å². The zero-order valence-electron chi connectivity index (χ0n) is 30.0. The molecule has 51 heavy (non-hydrogen) atoms. The number of piperidine rings is 1. The molecule has 5 atom stereocenters. The Balaban J connectivity index is 1.33. The maximum atomic E-state index is 14.0. The minimum Gasteiger partial charge on any atom is -0.390 e. The Morgan fingerprint density at radius 2 is 1.65 bits per heavy atom. The summed E-state index contributed by atoms with van der Waals surface area (Å²) in [4.78, 5) is 56.3. The Morgan fingerprint density at radius 3 is 2.35 bits per heavy atom. The fourth-order valence-corrected chi connectivity index (χ4v) is 7.31. The van der Waals surface area contributed by atoms with Crippen molar-refractivity contribution in [2.24, 2.45) is 5.92 Å². The van der Waals surface area contributed by atoms with Gasteiger partial charge in [-0.15, -0.1) is 0 Å². The number of carbonyl (C=O) groups excluding carboxylic acids is 3. The van der Waals surface area contributed by atoms with Crippen LogP contribution in [0.2, 0.25) is 0 Å². The van der Waals surface area contributed by atoms with Crippen molar-refractivity contribution in [2.45, 2.75) is 94.1 Å². The molecule has 12 heteroatoms. The summed E-state index contributed by atoms with van der Waals surface area (Å²) in [6.07, 6.45) is 4.08. The number of hydrogen-bond acceptors (Lipinski definition) is 9. The van der Waals surface area contributed by atoms with Crippen molar-refractivity contribution < 1.29 is 19.5 Å². The number of hydrogen-bond donors (Lipinski definition) is 4. The highest BCUT2D eigenvalue weighted by Gasteiger charge is 2.38. The number of β-amino-alcohol motifs (C(OH)–C–C–N with tert-alkyl or cyclic N) is 1. The second-order valence-corrected chi connectivity index (χ2v) is 15.8. The first-order valence-corrected chi connectivity index (χ1v) is 18.4. The summed E-state index contributed by atoms with van der Waals surface area (Å²) in [7, 11) is 0. The van der Waals surface area contributed by atoms with E-state index in [1.807, 2.05) is 100 Å². The standard InChI is InChI=1S/C39H49N7O4S/c1-25(2)34(44-35(48)30-17-16-27-14-9-10-15-29(27)42-30)37(50)43-31(22-26-12-7-6-8-13-26)33(47)24-46-21-18-28(51-38-40-19-11-20-41-38)23-32(46)36(49)45-39(3,4)5/h6-17,19-20,25,28,31-34,47H,18,21-24H2,1-5H3,(H,43,50)(H,44,48)(H,45,49)/t28-,31?,32?,33?,34?/m1/s1.